The molecule has 5 rings (SSSR count). The maximum Gasteiger partial charge on any atom is 0.323 e. The highest BCUT2D eigenvalue weighted by Crippen LogP contribution is 2.43. The number of hydrogen-bond acceptors (Lipinski definition) is 2. The Morgan fingerprint density at radius 3 is 2.12 bits per heavy atom. The average molecular weight is 445 g/mol. The van der Waals surface area contributed by atoms with Crippen LogP contribution in [-0.2, 0) is 6.61 Å². The summed E-state index contributed by atoms with van der Waals surface area (Å²) < 4.78 is 6.35. The number of rotatable bonds is 6. The van der Waals surface area contributed by atoms with Gasteiger partial charge in [-0.2, -0.15) is 0 Å². The van der Waals surface area contributed by atoms with Crippen molar-refractivity contribution >= 4 is 28.2 Å². The number of primary amides is 1. The summed E-state index contributed by atoms with van der Waals surface area (Å²) in [5.74, 6) is 0.743. The van der Waals surface area contributed by atoms with Crippen LogP contribution < -0.4 is 15.4 Å². The van der Waals surface area contributed by atoms with Gasteiger partial charge in [-0.1, -0.05) is 97.1 Å². The van der Waals surface area contributed by atoms with Crippen molar-refractivity contribution in [3.63, 3.8) is 0 Å². The van der Waals surface area contributed by atoms with Crippen molar-refractivity contribution in [1.29, 1.82) is 0 Å². The van der Waals surface area contributed by atoms with E-state index in [0.29, 0.717) is 18.0 Å². The molecule has 2 amide bonds. The third-order valence-electron chi connectivity index (χ3n) is 5.78. The molecule has 5 aromatic rings. The summed E-state index contributed by atoms with van der Waals surface area (Å²) in [6.45, 7) is 0.437. The number of urea groups is 1. The van der Waals surface area contributed by atoms with Gasteiger partial charge in [-0.3, -0.25) is 4.90 Å². The Bertz CT molecular complexity index is 1430. The van der Waals surface area contributed by atoms with Crippen LogP contribution in [0.15, 0.2) is 121 Å². The summed E-state index contributed by atoms with van der Waals surface area (Å²) in [4.78, 5) is 14.2. The molecule has 0 aliphatic carbocycles. The lowest BCUT2D eigenvalue weighted by Crippen LogP contribution is -2.31. The fourth-order valence-electron chi connectivity index (χ4n) is 4.23. The molecule has 4 heteroatoms. The molecule has 0 aromatic heterocycles. The topological polar surface area (TPSA) is 55.6 Å². The van der Waals surface area contributed by atoms with Crippen LogP contribution in [0.3, 0.4) is 0 Å². The Morgan fingerprint density at radius 2 is 1.35 bits per heavy atom. The van der Waals surface area contributed by atoms with Crippen LogP contribution in [0, 0.1) is 0 Å². The monoisotopic (exact) mass is 444 g/mol. The second kappa shape index (κ2) is 9.51. The first-order valence-electron chi connectivity index (χ1n) is 11.1. The molecule has 0 saturated heterocycles. The van der Waals surface area contributed by atoms with Gasteiger partial charge in [-0.05, 0) is 40.6 Å². The normalized spacial score (nSPS) is 10.7. The maximum atomic E-state index is 12.7. The molecular weight excluding hydrogens is 420 g/mol. The Kier molecular flexibility index (Phi) is 5.95. The van der Waals surface area contributed by atoms with Crippen molar-refractivity contribution in [2.75, 3.05) is 4.90 Å². The molecule has 166 valence electrons. The zero-order chi connectivity index (χ0) is 23.3. The van der Waals surface area contributed by atoms with Gasteiger partial charge in [0, 0.05) is 11.1 Å². The fourth-order valence-corrected chi connectivity index (χ4v) is 4.23. The minimum absolute atomic E-state index is 0.437. The molecule has 0 unspecified atom stereocenters. The van der Waals surface area contributed by atoms with Crippen LogP contribution >= 0.6 is 0 Å². The van der Waals surface area contributed by atoms with Gasteiger partial charge in [0.15, 0.2) is 0 Å². The number of hydrogen-bond donors (Lipinski definition) is 1. The Hall–Kier alpha value is -4.57. The number of fused-ring (bicyclic) bond motifs is 1. The van der Waals surface area contributed by atoms with Crippen LogP contribution in [-0.4, -0.2) is 6.03 Å². The molecule has 0 fully saturated rings. The van der Waals surface area contributed by atoms with Gasteiger partial charge < -0.3 is 10.5 Å². The quantitative estimate of drug-likeness (QED) is 0.299. The number of nitrogens with two attached hydrogens (primary N) is 1. The number of ether oxygens (including phenoxy) is 1. The maximum absolute atomic E-state index is 12.7. The van der Waals surface area contributed by atoms with Crippen LogP contribution in [0.2, 0.25) is 0 Å². The second-order valence-corrected chi connectivity index (χ2v) is 7.96. The van der Waals surface area contributed by atoms with E-state index < -0.39 is 6.03 Å². The Morgan fingerprint density at radius 1 is 0.706 bits per heavy atom. The first kappa shape index (κ1) is 21.3. The van der Waals surface area contributed by atoms with Crippen molar-refractivity contribution in [3.8, 4) is 16.9 Å². The van der Waals surface area contributed by atoms with Crippen LogP contribution in [0.1, 0.15) is 5.56 Å². The first-order valence-corrected chi connectivity index (χ1v) is 11.1. The van der Waals surface area contributed by atoms with Crippen molar-refractivity contribution in [1.82, 2.24) is 0 Å². The van der Waals surface area contributed by atoms with Gasteiger partial charge in [0.25, 0.3) is 0 Å². The molecule has 0 aliphatic rings. The van der Waals surface area contributed by atoms with E-state index in [0.717, 1.165) is 33.2 Å². The first-order chi connectivity index (χ1) is 16.7. The summed E-state index contributed by atoms with van der Waals surface area (Å²) in [5, 5.41) is 2.13. The largest absolute Gasteiger partial charge is 0.488 e. The van der Waals surface area contributed by atoms with E-state index in [9.17, 15) is 4.79 Å². The van der Waals surface area contributed by atoms with E-state index in [-0.39, 0.29) is 0 Å². The Balaban J connectivity index is 1.69. The molecule has 0 atom stereocenters. The summed E-state index contributed by atoms with van der Waals surface area (Å²) in [6, 6.07) is 39.0. The van der Waals surface area contributed by atoms with E-state index in [1.165, 1.54) is 4.90 Å². The third-order valence-corrected chi connectivity index (χ3v) is 5.78. The van der Waals surface area contributed by atoms with Gasteiger partial charge >= 0.3 is 6.03 Å². The van der Waals surface area contributed by atoms with Gasteiger partial charge in [0.05, 0.1) is 11.4 Å². The highest BCUT2D eigenvalue weighted by molar-refractivity contribution is 6.07. The standard InChI is InChI=1S/C30H24N2O2/c31-30(33)32(24-14-5-2-6-15-24)27-18-10-9-17-26(27)29-25-16-8-7-13-23(25)19-20-28(29)34-21-22-11-3-1-4-12-22/h1-20H,21H2,(H2,31,33). The van der Waals surface area contributed by atoms with Gasteiger partial charge in [0.2, 0.25) is 0 Å². The summed E-state index contributed by atoms with van der Waals surface area (Å²) in [7, 11) is 0. The predicted octanol–water partition coefficient (Wildman–Crippen LogP) is 7.30. The van der Waals surface area contributed by atoms with Gasteiger partial charge in [0.1, 0.15) is 12.4 Å². The van der Waals surface area contributed by atoms with E-state index in [1.54, 1.807) is 0 Å². The molecule has 0 radical (unpaired) electrons. The molecular formula is C30H24N2O2. The third kappa shape index (κ3) is 4.21. The number of para-hydroxylation sites is 2. The smallest absolute Gasteiger partial charge is 0.323 e. The number of anilines is 2. The zero-order valence-electron chi connectivity index (χ0n) is 18.6. The van der Waals surface area contributed by atoms with Gasteiger partial charge in [-0.15, -0.1) is 0 Å². The highest BCUT2D eigenvalue weighted by atomic mass is 16.5. The number of benzene rings is 5. The molecule has 4 nitrogen and oxygen atoms in total. The van der Waals surface area contributed by atoms with Crippen LogP contribution in [0.25, 0.3) is 21.9 Å². The summed E-state index contributed by atoms with van der Waals surface area (Å²) in [6.07, 6.45) is 0. The highest BCUT2D eigenvalue weighted by Gasteiger charge is 2.22. The summed E-state index contributed by atoms with van der Waals surface area (Å²) in [5.41, 5.74) is 10.2. The predicted molar refractivity (Wildman–Crippen MR) is 138 cm³/mol. The van der Waals surface area contributed by atoms with E-state index >= 15 is 0 Å². The minimum Gasteiger partial charge on any atom is -0.488 e. The lowest BCUT2D eigenvalue weighted by atomic mass is 9.95. The lowest BCUT2D eigenvalue weighted by molar-refractivity contribution is 0.256. The number of carbonyl (C=O) groups is 1. The zero-order valence-corrected chi connectivity index (χ0v) is 18.6. The molecule has 0 aliphatic heterocycles. The average Bonchev–Trinajstić information content (AvgIpc) is 2.89. The summed E-state index contributed by atoms with van der Waals surface area (Å²) >= 11 is 0. The van der Waals surface area contributed by atoms with Crippen LogP contribution in [0.5, 0.6) is 5.75 Å². The molecule has 0 bridgehead atoms. The molecule has 0 heterocycles. The Labute approximate surface area is 198 Å². The fraction of sp³-hybridized carbons (Fsp3) is 0.0333. The molecule has 0 saturated carbocycles. The van der Waals surface area contributed by atoms with E-state index in [4.69, 9.17) is 10.5 Å². The van der Waals surface area contributed by atoms with Gasteiger partial charge in [-0.25, -0.2) is 4.79 Å². The van der Waals surface area contributed by atoms with Crippen LogP contribution in [0.4, 0.5) is 16.2 Å². The minimum atomic E-state index is -0.550. The number of carbonyl (C=O) groups excluding carboxylic acids is 1. The van der Waals surface area contributed by atoms with Crippen molar-refractivity contribution in [3.05, 3.63) is 127 Å². The van der Waals surface area contributed by atoms with E-state index in [2.05, 4.69) is 18.2 Å². The van der Waals surface area contributed by atoms with E-state index in [1.807, 2.05) is 103 Å². The van der Waals surface area contributed by atoms with Crippen molar-refractivity contribution < 1.29 is 9.53 Å². The second-order valence-electron chi connectivity index (χ2n) is 7.96. The molecule has 34 heavy (non-hydrogen) atoms. The van der Waals surface area contributed by atoms with Crippen molar-refractivity contribution in [2.45, 2.75) is 6.61 Å². The molecule has 0 spiro atoms. The molecule has 2 N–H and O–H groups in total. The molecule has 5 aromatic carbocycles. The SMILES string of the molecule is NC(=O)N(c1ccccc1)c1ccccc1-c1c(OCc2ccccc2)ccc2ccccc12. The lowest BCUT2D eigenvalue weighted by Gasteiger charge is -2.25. The number of nitrogens with zero attached hydrogens (tertiary/aromatic N) is 1. The number of amides is 2. The van der Waals surface area contributed by atoms with Crippen molar-refractivity contribution in [2.24, 2.45) is 5.73 Å².